The van der Waals surface area contributed by atoms with Crippen LogP contribution in [0.25, 0.3) is 0 Å². The molecule has 0 aromatic heterocycles. The molecule has 5 nitrogen and oxygen atoms in total. The molecule has 0 aromatic carbocycles. The normalized spacial score (nSPS) is 11.3. The van der Waals surface area contributed by atoms with Gasteiger partial charge in [-0.2, -0.15) is 0 Å². The molecule has 0 bridgehead atoms. The number of nitrogens with zero attached hydrogens (tertiary/aromatic N) is 1. The number of unbranched alkanes of at least 4 members (excludes halogenated alkanes) is 12. The highest BCUT2D eigenvalue weighted by molar-refractivity contribution is 5.69. The summed E-state index contributed by atoms with van der Waals surface area (Å²) in [6.45, 7) is 5.81. The van der Waals surface area contributed by atoms with E-state index in [2.05, 4.69) is 11.8 Å². The van der Waals surface area contributed by atoms with Crippen molar-refractivity contribution in [3.8, 4) is 0 Å². The highest BCUT2D eigenvalue weighted by atomic mass is 16.6. The minimum atomic E-state index is -0.0982. The molecule has 0 heterocycles. The van der Waals surface area contributed by atoms with Gasteiger partial charge in [0.2, 0.25) is 0 Å². The zero-order valence-corrected chi connectivity index (χ0v) is 19.7. The summed E-state index contributed by atoms with van der Waals surface area (Å²) in [5, 5.41) is 0. The van der Waals surface area contributed by atoms with E-state index in [4.69, 9.17) is 14.2 Å². The number of carbonyl (C=O) groups is 1. The highest BCUT2D eigenvalue weighted by Gasteiger charge is 2.02. The van der Waals surface area contributed by atoms with Crippen LogP contribution in [0.1, 0.15) is 96.8 Å². The van der Waals surface area contributed by atoms with Crippen molar-refractivity contribution < 1.29 is 19.0 Å². The summed E-state index contributed by atoms with van der Waals surface area (Å²) < 4.78 is 16.0. The minimum absolute atomic E-state index is 0.0982. The van der Waals surface area contributed by atoms with Crippen LogP contribution in [0.4, 0.5) is 0 Å². The van der Waals surface area contributed by atoms with Crippen molar-refractivity contribution in [3.05, 3.63) is 0 Å². The number of ether oxygens (including phenoxy) is 3. The molecule has 5 heteroatoms. The van der Waals surface area contributed by atoms with E-state index in [0.29, 0.717) is 39.5 Å². The molecule has 174 valence electrons. The fourth-order valence-electron chi connectivity index (χ4n) is 3.14. The van der Waals surface area contributed by atoms with Crippen molar-refractivity contribution in [3.63, 3.8) is 0 Å². The first-order valence-electron chi connectivity index (χ1n) is 12.1. The van der Waals surface area contributed by atoms with Gasteiger partial charge in [-0.05, 0) is 20.5 Å². The Balaban J connectivity index is 3.15. The van der Waals surface area contributed by atoms with E-state index < -0.39 is 0 Å². The van der Waals surface area contributed by atoms with Gasteiger partial charge >= 0.3 is 5.97 Å². The van der Waals surface area contributed by atoms with Crippen molar-refractivity contribution in [2.75, 3.05) is 53.7 Å². The van der Waals surface area contributed by atoms with E-state index in [1.165, 1.54) is 70.6 Å². The van der Waals surface area contributed by atoms with Gasteiger partial charge < -0.3 is 19.1 Å². The van der Waals surface area contributed by atoms with Crippen LogP contribution in [-0.2, 0) is 19.0 Å². The first-order valence-corrected chi connectivity index (χ1v) is 12.1. The number of hydrogen-bond acceptors (Lipinski definition) is 5. The maximum atomic E-state index is 11.7. The van der Waals surface area contributed by atoms with E-state index in [-0.39, 0.29) is 5.97 Å². The lowest BCUT2D eigenvalue weighted by Crippen LogP contribution is -2.19. The molecule has 0 aliphatic carbocycles. The average Bonchev–Trinajstić information content (AvgIpc) is 2.70. The molecule has 0 unspecified atom stereocenters. The molecule has 0 amide bonds. The molecule has 0 aliphatic heterocycles. The number of hydrogen-bond donors (Lipinski definition) is 0. The molecule has 0 aliphatic rings. The summed E-state index contributed by atoms with van der Waals surface area (Å²) in [6, 6.07) is 0. The van der Waals surface area contributed by atoms with Crippen molar-refractivity contribution in [1.29, 1.82) is 0 Å². The van der Waals surface area contributed by atoms with E-state index in [1.54, 1.807) is 0 Å². The predicted molar refractivity (Wildman–Crippen MR) is 121 cm³/mol. The van der Waals surface area contributed by atoms with Gasteiger partial charge in [-0.3, -0.25) is 4.79 Å². The maximum Gasteiger partial charge on any atom is 0.305 e. The van der Waals surface area contributed by atoms with Crippen molar-refractivity contribution in [2.24, 2.45) is 0 Å². The molecule has 0 atom stereocenters. The van der Waals surface area contributed by atoms with Gasteiger partial charge in [0.1, 0.15) is 6.61 Å². The number of rotatable bonds is 23. The van der Waals surface area contributed by atoms with Crippen molar-refractivity contribution in [1.82, 2.24) is 4.90 Å². The van der Waals surface area contributed by atoms with Gasteiger partial charge in [-0.15, -0.1) is 0 Å². The fourth-order valence-corrected chi connectivity index (χ4v) is 3.14. The zero-order chi connectivity index (χ0) is 21.4. The smallest absolute Gasteiger partial charge is 0.305 e. The molecule has 0 rings (SSSR count). The van der Waals surface area contributed by atoms with E-state index in [1.807, 2.05) is 14.1 Å². The van der Waals surface area contributed by atoms with Crippen LogP contribution in [0, 0.1) is 0 Å². The quantitative estimate of drug-likeness (QED) is 0.160. The third-order valence-electron chi connectivity index (χ3n) is 5.03. The summed E-state index contributed by atoms with van der Waals surface area (Å²) in [7, 11) is 4.04. The lowest BCUT2D eigenvalue weighted by atomic mass is 10.0. The van der Waals surface area contributed by atoms with Gasteiger partial charge in [0, 0.05) is 13.0 Å². The number of likely N-dealkylation sites (N-methyl/N-ethyl adjacent to an activating group) is 1. The van der Waals surface area contributed by atoms with Gasteiger partial charge in [0.25, 0.3) is 0 Å². The second kappa shape index (κ2) is 23.6. The Morgan fingerprint density at radius 3 is 1.59 bits per heavy atom. The summed E-state index contributed by atoms with van der Waals surface area (Å²) in [5.74, 6) is -0.0982. The van der Waals surface area contributed by atoms with Gasteiger partial charge in [0.15, 0.2) is 0 Å². The molecule has 0 saturated carbocycles. The summed E-state index contributed by atoms with van der Waals surface area (Å²) >= 11 is 0. The molecule has 29 heavy (non-hydrogen) atoms. The summed E-state index contributed by atoms with van der Waals surface area (Å²) in [4.78, 5) is 13.8. The predicted octanol–water partition coefficient (Wildman–Crippen LogP) is 5.61. The van der Waals surface area contributed by atoms with Crippen molar-refractivity contribution in [2.45, 2.75) is 96.8 Å². The molecular formula is C24H49NO4. The summed E-state index contributed by atoms with van der Waals surface area (Å²) in [6.07, 6.45) is 17.6. The summed E-state index contributed by atoms with van der Waals surface area (Å²) in [5.41, 5.74) is 0. The van der Waals surface area contributed by atoms with E-state index >= 15 is 0 Å². The van der Waals surface area contributed by atoms with Gasteiger partial charge in [0.05, 0.1) is 26.4 Å². The van der Waals surface area contributed by atoms with Crippen LogP contribution in [-0.4, -0.2) is 64.5 Å². The van der Waals surface area contributed by atoms with Crippen LogP contribution in [0.2, 0.25) is 0 Å². The highest BCUT2D eigenvalue weighted by Crippen LogP contribution is 2.13. The van der Waals surface area contributed by atoms with Gasteiger partial charge in [-0.1, -0.05) is 84.0 Å². The van der Waals surface area contributed by atoms with Crippen molar-refractivity contribution >= 4 is 5.97 Å². The molecule has 0 N–H and O–H groups in total. The standard InChI is InChI=1S/C24H49NO4/c1-4-5-6-7-8-9-10-11-12-13-14-15-16-17-24(26)29-23-22-28-21-20-27-19-18-25(2)3/h4-23H2,1-3H3. The minimum Gasteiger partial charge on any atom is -0.463 e. The van der Waals surface area contributed by atoms with Crippen LogP contribution in [0.5, 0.6) is 0 Å². The lowest BCUT2D eigenvalue weighted by Gasteiger charge is -2.10. The third-order valence-corrected chi connectivity index (χ3v) is 5.03. The number of carbonyl (C=O) groups excluding carboxylic acids is 1. The Hall–Kier alpha value is -0.650. The zero-order valence-electron chi connectivity index (χ0n) is 19.7. The Morgan fingerprint density at radius 1 is 0.621 bits per heavy atom. The number of esters is 1. The molecule has 0 fully saturated rings. The topological polar surface area (TPSA) is 48.0 Å². The van der Waals surface area contributed by atoms with Crippen LogP contribution < -0.4 is 0 Å². The van der Waals surface area contributed by atoms with Gasteiger partial charge in [-0.25, -0.2) is 0 Å². The van der Waals surface area contributed by atoms with Crippen LogP contribution in [0.3, 0.4) is 0 Å². The molecule has 0 saturated heterocycles. The van der Waals surface area contributed by atoms with E-state index in [0.717, 1.165) is 19.4 Å². The second-order valence-electron chi connectivity index (χ2n) is 8.24. The van der Waals surface area contributed by atoms with Crippen LogP contribution in [0.15, 0.2) is 0 Å². The first kappa shape index (κ1) is 28.4. The monoisotopic (exact) mass is 415 g/mol. The second-order valence-corrected chi connectivity index (χ2v) is 8.24. The van der Waals surface area contributed by atoms with Crippen LogP contribution >= 0.6 is 0 Å². The first-order chi connectivity index (χ1) is 14.2. The molecule has 0 spiro atoms. The Kier molecular flexibility index (Phi) is 23.1. The lowest BCUT2D eigenvalue weighted by molar-refractivity contribution is -0.145. The molecule has 0 aromatic rings. The third kappa shape index (κ3) is 25.3. The Morgan fingerprint density at radius 2 is 1.07 bits per heavy atom. The SMILES string of the molecule is CCCCCCCCCCCCCCCC(=O)OCCOCCOCCN(C)C. The largest absolute Gasteiger partial charge is 0.463 e. The fraction of sp³-hybridized carbons (Fsp3) is 0.958. The van der Waals surface area contributed by atoms with E-state index in [9.17, 15) is 4.79 Å². The maximum absolute atomic E-state index is 11.7. The molecular weight excluding hydrogens is 366 g/mol. The Bertz CT molecular complexity index is 337. The Labute approximate surface area is 180 Å². The average molecular weight is 416 g/mol. The molecule has 0 radical (unpaired) electrons.